The number of hydrogen-bond donors (Lipinski definition) is 1. The SMILES string of the molecule is COCCN1CC(C)Oc2cc3c(c(Cl)c21)CCNCC3. The number of benzene rings is 1. The molecule has 2 aliphatic heterocycles. The van der Waals surface area contributed by atoms with Gasteiger partial charge in [0.2, 0.25) is 0 Å². The summed E-state index contributed by atoms with van der Waals surface area (Å²) in [6.45, 7) is 6.48. The second-order valence-electron chi connectivity index (χ2n) is 5.79. The van der Waals surface area contributed by atoms with Crippen molar-refractivity contribution in [2.45, 2.75) is 25.9 Å². The van der Waals surface area contributed by atoms with Crippen molar-refractivity contribution >= 4 is 17.3 Å². The number of anilines is 1. The van der Waals surface area contributed by atoms with Gasteiger partial charge in [0.25, 0.3) is 0 Å². The molecule has 1 aromatic carbocycles. The van der Waals surface area contributed by atoms with Crippen LogP contribution in [0.15, 0.2) is 6.07 Å². The zero-order chi connectivity index (χ0) is 14.8. The van der Waals surface area contributed by atoms with Crippen LogP contribution in [0.25, 0.3) is 0 Å². The molecule has 0 spiro atoms. The maximum absolute atomic E-state index is 6.75. The summed E-state index contributed by atoms with van der Waals surface area (Å²) in [6.07, 6.45) is 2.17. The zero-order valence-corrected chi connectivity index (χ0v) is 13.5. The van der Waals surface area contributed by atoms with Crippen molar-refractivity contribution in [2.75, 3.05) is 44.8 Å². The first-order chi connectivity index (χ1) is 10.2. The molecule has 0 fully saturated rings. The second kappa shape index (κ2) is 6.42. The molecule has 3 rings (SSSR count). The highest BCUT2D eigenvalue weighted by Gasteiger charge is 2.28. The normalized spacial score (nSPS) is 21.3. The third-order valence-electron chi connectivity index (χ3n) is 4.21. The molecule has 21 heavy (non-hydrogen) atoms. The fourth-order valence-electron chi connectivity index (χ4n) is 3.21. The molecule has 1 unspecified atom stereocenters. The smallest absolute Gasteiger partial charge is 0.144 e. The van der Waals surface area contributed by atoms with Gasteiger partial charge < -0.3 is 19.7 Å². The number of rotatable bonds is 3. The summed E-state index contributed by atoms with van der Waals surface area (Å²) in [5.41, 5.74) is 3.65. The standard InChI is InChI=1S/C16H23ClN2O2/c1-11-10-19(7-8-20-2)16-14(21-11)9-12-3-5-18-6-4-13(12)15(16)17/h9,11,18H,3-8,10H2,1-2H3. The highest BCUT2D eigenvalue weighted by Crippen LogP contribution is 2.43. The van der Waals surface area contributed by atoms with Gasteiger partial charge in [-0.1, -0.05) is 11.6 Å². The molecule has 0 amide bonds. The Morgan fingerprint density at radius 1 is 1.43 bits per heavy atom. The van der Waals surface area contributed by atoms with Gasteiger partial charge in [-0.3, -0.25) is 0 Å². The van der Waals surface area contributed by atoms with E-state index in [0.717, 1.165) is 55.5 Å². The van der Waals surface area contributed by atoms with Crippen molar-refractivity contribution in [1.82, 2.24) is 5.32 Å². The number of nitrogens with one attached hydrogen (secondary N) is 1. The summed E-state index contributed by atoms with van der Waals surface area (Å²) >= 11 is 6.75. The largest absolute Gasteiger partial charge is 0.487 e. The number of ether oxygens (including phenoxy) is 2. The van der Waals surface area contributed by atoms with E-state index in [2.05, 4.69) is 23.2 Å². The van der Waals surface area contributed by atoms with Gasteiger partial charge in [0, 0.05) is 13.7 Å². The Balaban J connectivity index is 2.02. The number of halogens is 1. The molecule has 4 nitrogen and oxygen atoms in total. The van der Waals surface area contributed by atoms with Crippen LogP contribution in [0, 0.1) is 0 Å². The summed E-state index contributed by atoms with van der Waals surface area (Å²) < 4.78 is 11.3. The molecular formula is C16H23ClN2O2. The zero-order valence-electron chi connectivity index (χ0n) is 12.7. The summed E-state index contributed by atoms with van der Waals surface area (Å²) in [5.74, 6) is 0.926. The molecule has 116 valence electrons. The number of fused-ring (bicyclic) bond motifs is 2. The summed E-state index contributed by atoms with van der Waals surface area (Å²) in [4.78, 5) is 2.30. The molecule has 0 radical (unpaired) electrons. The first-order valence-electron chi connectivity index (χ1n) is 7.66. The predicted molar refractivity (Wildman–Crippen MR) is 85.9 cm³/mol. The molecule has 0 aliphatic carbocycles. The topological polar surface area (TPSA) is 33.7 Å². The molecule has 1 N–H and O–H groups in total. The fraction of sp³-hybridized carbons (Fsp3) is 0.625. The van der Waals surface area contributed by atoms with Gasteiger partial charge in [0.05, 0.1) is 23.9 Å². The van der Waals surface area contributed by atoms with Crippen LogP contribution < -0.4 is 15.0 Å². The summed E-state index contributed by atoms with van der Waals surface area (Å²) in [5, 5.41) is 4.30. The predicted octanol–water partition coefficient (Wildman–Crippen LogP) is 2.26. The van der Waals surface area contributed by atoms with E-state index >= 15 is 0 Å². The number of methoxy groups -OCH3 is 1. The van der Waals surface area contributed by atoms with E-state index in [-0.39, 0.29) is 6.10 Å². The van der Waals surface area contributed by atoms with Crippen molar-refractivity contribution < 1.29 is 9.47 Å². The van der Waals surface area contributed by atoms with Gasteiger partial charge in [0.1, 0.15) is 11.9 Å². The maximum Gasteiger partial charge on any atom is 0.144 e. The lowest BCUT2D eigenvalue weighted by molar-refractivity contribution is 0.186. The van der Waals surface area contributed by atoms with Crippen LogP contribution in [-0.2, 0) is 17.6 Å². The van der Waals surface area contributed by atoms with E-state index in [1.165, 1.54) is 11.1 Å². The lowest BCUT2D eigenvalue weighted by Gasteiger charge is -2.36. The van der Waals surface area contributed by atoms with Gasteiger partial charge in [0.15, 0.2) is 0 Å². The molecule has 0 saturated heterocycles. The third kappa shape index (κ3) is 2.98. The van der Waals surface area contributed by atoms with Gasteiger partial charge in [-0.15, -0.1) is 0 Å². The minimum atomic E-state index is 0.173. The van der Waals surface area contributed by atoms with Crippen LogP contribution in [0.1, 0.15) is 18.1 Å². The Bertz CT molecular complexity index is 521. The summed E-state index contributed by atoms with van der Waals surface area (Å²) in [6, 6.07) is 2.19. The minimum Gasteiger partial charge on any atom is -0.487 e. The number of hydrogen-bond acceptors (Lipinski definition) is 4. The number of nitrogens with zero attached hydrogens (tertiary/aromatic N) is 1. The van der Waals surface area contributed by atoms with Gasteiger partial charge in [-0.2, -0.15) is 0 Å². The average Bonchev–Trinajstić information content (AvgIpc) is 2.70. The Morgan fingerprint density at radius 2 is 2.24 bits per heavy atom. The molecule has 0 aromatic heterocycles. The average molecular weight is 311 g/mol. The Kier molecular flexibility index (Phi) is 4.57. The van der Waals surface area contributed by atoms with Crippen LogP contribution in [0.3, 0.4) is 0 Å². The van der Waals surface area contributed by atoms with Gasteiger partial charge >= 0.3 is 0 Å². The maximum atomic E-state index is 6.75. The van der Waals surface area contributed by atoms with Crippen molar-refractivity contribution in [3.05, 3.63) is 22.2 Å². The van der Waals surface area contributed by atoms with E-state index in [4.69, 9.17) is 21.1 Å². The Hall–Kier alpha value is -0.970. The second-order valence-corrected chi connectivity index (χ2v) is 6.17. The lowest BCUT2D eigenvalue weighted by atomic mass is 9.99. The highest BCUT2D eigenvalue weighted by atomic mass is 35.5. The molecular weight excluding hydrogens is 288 g/mol. The lowest BCUT2D eigenvalue weighted by Crippen LogP contribution is -2.40. The van der Waals surface area contributed by atoms with Crippen LogP contribution in [0.4, 0.5) is 5.69 Å². The van der Waals surface area contributed by atoms with Crippen molar-refractivity contribution in [3.63, 3.8) is 0 Å². The van der Waals surface area contributed by atoms with Gasteiger partial charge in [-0.05, 0) is 50.0 Å². The first kappa shape index (κ1) is 14.9. The van der Waals surface area contributed by atoms with E-state index in [1.807, 2.05) is 0 Å². The van der Waals surface area contributed by atoms with Crippen LogP contribution in [0.2, 0.25) is 5.02 Å². The molecule has 0 bridgehead atoms. The fourth-order valence-corrected chi connectivity index (χ4v) is 3.63. The van der Waals surface area contributed by atoms with E-state index in [9.17, 15) is 0 Å². The minimum absolute atomic E-state index is 0.173. The molecule has 2 heterocycles. The van der Waals surface area contributed by atoms with Gasteiger partial charge in [-0.25, -0.2) is 0 Å². The molecule has 0 saturated carbocycles. The molecule has 2 aliphatic rings. The van der Waals surface area contributed by atoms with E-state index in [1.54, 1.807) is 7.11 Å². The quantitative estimate of drug-likeness (QED) is 0.928. The Labute approximate surface area is 131 Å². The first-order valence-corrected chi connectivity index (χ1v) is 8.04. The van der Waals surface area contributed by atoms with Crippen LogP contribution in [-0.4, -0.2) is 46.0 Å². The van der Waals surface area contributed by atoms with E-state index < -0.39 is 0 Å². The summed E-state index contributed by atoms with van der Waals surface area (Å²) in [7, 11) is 1.73. The van der Waals surface area contributed by atoms with Crippen LogP contribution in [0.5, 0.6) is 5.75 Å². The van der Waals surface area contributed by atoms with E-state index in [0.29, 0.717) is 6.61 Å². The highest BCUT2D eigenvalue weighted by molar-refractivity contribution is 6.34. The molecule has 5 heteroatoms. The van der Waals surface area contributed by atoms with Crippen molar-refractivity contribution in [3.8, 4) is 5.75 Å². The Morgan fingerprint density at radius 3 is 3.05 bits per heavy atom. The monoisotopic (exact) mass is 310 g/mol. The van der Waals surface area contributed by atoms with Crippen molar-refractivity contribution in [2.24, 2.45) is 0 Å². The van der Waals surface area contributed by atoms with Crippen LogP contribution >= 0.6 is 11.6 Å². The molecule has 1 aromatic rings. The van der Waals surface area contributed by atoms with Crippen molar-refractivity contribution in [1.29, 1.82) is 0 Å². The third-order valence-corrected chi connectivity index (χ3v) is 4.62. The molecule has 1 atom stereocenters.